The van der Waals surface area contributed by atoms with Crippen molar-refractivity contribution in [2.45, 2.75) is 9.79 Å². The number of hydrogen-bond donors (Lipinski definition) is 2. The summed E-state index contributed by atoms with van der Waals surface area (Å²) in [4.78, 5) is 8.01. The molecule has 0 amide bonds. The van der Waals surface area contributed by atoms with Crippen LogP contribution in [0.3, 0.4) is 0 Å². The maximum atomic E-state index is 12.3. The maximum absolute atomic E-state index is 12.3. The van der Waals surface area contributed by atoms with E-state index in [1.54, 1.807) is 0 Å². The van der Waals surface area contributed by atoms with E-state index in [0.29, 0.717) is 21.8 Å². The Bertz CT molecular complexity index is 1490. The molecule has 0 spiro atoms. The monoisotopic (exact) mass is 493 g/mol. The summed E-state index contributed by atoms with van der Waals surface area (Å²) in [6.45, 7) is 0. The van der Waals surface area contributed by atoms with Crippen LogP contribution in [0.15, 0.2) is 70.7 Å². The number of benzene rings is 2. The fourth-order valence-electron chi connectivity index (χ4n) is 2.82. The van der Waals surface area contributed by atoms with Crippen molar-refractivity contribution in [1.29, 1.82) is 0 Å². The average molecular weight is 493 g/mol. The van der Waals surface area contributed by atoms with Gasteiger partial charge in [-0.25, -0.2) is 36.2 Å². The van der Waals surface area contributed by atoms with Crippen LogP contribution in [-0.2, 0) is 24.6 Å². The molecule has 0 saturated heterocycles. The zero-order valence-corrected chi connectivity index (χ0v) is 18.5. The van der Waals surface area contributed by atoms with E-state index in [-0.39, 0.29) is 21.3 Å². The first-order chi connectivity index (χ1) is 15.0. The Morgan fingerprint density at radius 3 is 1.47 bits per heavy atom. The van der Waals surface area contributed by atoms with E-state index in [4.69, 9.17) is 19.3 Å². The number of sulfonamides is 2. The van der Waals surface area contributed by atoms with Gasteiger partial charge in [-0.15, -0.1) is 0 Å². The number of rotatable bonds is 6. The third-order valence-electron chi connectivity index (χ3n) is 4.27. The van der Waals surface area contributed by atoms with Crippen molar-refractivity contribution < 1.29 is 30.4 Å². The van der Waals surface area contributed by atoms with Crippen molar-refractivity contribution in [1.82, 2.24) is 9.97 Å². The molecule has 2 aromatic carbocycles. The predicted octanol–water partition coefficient (Wildman–Crippen LogP) is 2.19. The predicted molar refractivity (Wildman–Crippen MR) is 115 cm³/mol. The van der Waals surface area contributed by atoms with Crippen LogP contribution in [0.4, 0.5) is 0 Å². The first-order valence-electron chi connectivity index (χ1n) is 8.67. The Labute approximate surface area is 183 Å². The van der Waals surface area contributed by atoms with Crippen LogP contribution in [0.1, 0.15) is 0 Å². The van der Waals surface area contributed by atoms with Gasteiger partial charge >= 0.3 is 8.25 Å². The van der Waals surface area contributed by atoms with Gasteiger partial charge in [0.05, 0.1) is 33.2 Å². The molecule has 0 bridgehead atoms. The largest absolute Gasteiger partial charge is 0.805 e. The van der Waals surface area contributed by atoms with Gasteiger partial charge in [-0.2, -0.15) is 0 Å². The van der Waals surface area contributed by atoms with Gasteiger partial charge in [0.25, 0.3) is 0 Å². The minimum Gasteiger partial charge on any atom is -0.252 e. The molecule has 0 aliphatic rings. The highest BCUT2D eigenvalue weighted by atomic mass is 32.2. The second-order valence-electron chi connectivity index (χ2n) is 6.55. The Morgan fingerprint density at radius 2 is 1.09 bits per heavy atom. The van der Waals surface area contributed by atoms with E-state index in [1.807, 2.05) is 0 Å². The lowest BCUT2D eigenvalue weighted by Gasteiger charge is -2.02. The molecule has 11 nitrogen and oxygen atoms in total. The van der Waals surface area contributed by atoms with Crippen molar-refractivity contribution in [3.05, 3.63) is 60.9 Å². The van der Waals surface area contributed by atoms with Gasteiger partial charge in [0.1, 0.15) is 0 Å². The summed E-state index contributed by atoms with van der Waals surface area (Å²) < 4.78 is 68.9. The van der Waals surface area contributed by atoms with Gasteiger partial charge in [-0.1, -0.05) is 0 Å². The quantitative estimate of drug-likeness (QED) is 0.380. The summed E-state index contributed by atoms with van der Waals surface area (Å²) in [5.74, 6) is 0.130. The Balaban J connectivity index is 1.56. The highest BCUT2D eigenvalue weighted by Crippen LogP contribution is 2.33. The van der Waals surface area contributed by atoms with E-state index in [0.717, 1.165) is 0 Å². The lowest BCUT2D eigenvalue weighted by atomic mass is 10.2. The fourth-order valence-corrected chi connectivity index (χ4v) is 4.50. The minimum absolute atomic E-state index is 0.0652. The summed E-state index contributed by atoms with van der Waals surface area (Å²) in [6.07, 6.45) is 2.60. The van der Waals surface area contributed by atoms with Crippen molar-refractivity contribution in [3.8, 4) is 11.5 Å². The van der Waals surface area contributed by atoms with Crippen molar-refractivity contribution in [3.63, 3.8) is 0 Å². The SMILES string of the molecule is NS(=O)(=O)c1ccc2ncc(O[P+](=O)Oc3cnc4ccc(S(N)(=O)=O)cc4c3)cc2c1. The fraction of sp³-hybridized carbons (Fsp3) is 0. The number of nitrogens with two attached hydrogens (primary N) is 2. The van der Waals surface area contributed by atoms with Crippen LogP contribution in [0.25, 0.3) is 21.8 Å². The molecule has 14 heteroatoms. The van der Waals surface area contributed by atoms with Crippen LogP contribution >= 0.6 is 8.25 Å². The molecule has 0 aliphatic carbocycles. The molecule has 0 fully saturated rings. The number of hydrogen-bond acceptors (Lipinski definition) is 9. The lowest BCUT2D eigenvalue weighted by molar-refractivity contribution is 0.415. The molecule has 164 valence electrons. The summed E-state index contributed by atoms with van der Waals surface area (Å²) >= 11 is 0. The van der Waals surface area contributed by atoms with Crippen LogP contribution in [0.2, 0.25) is 0 Å². The Morgan fingerprint density at radius 1 is 0.688 bits per heavy atom. The molecule has 0 atom stereocenters. The number of pyridine rings is 2. The second-order valence-corrected chi connectivity index (χ2v) is 10.5. The highest BCUT2D eigenvalue weighted by Gasteiger charge is 2.25. The Kier molecular flexibility index (Phi) is 5.53. The maximum Gasteiger partial charge on any atom is 0.805 e. The zero-order chi connectivity index (χ0) is 23.1. The van der Waals surface area contributed by atoms with Crippen molar-refractivity contribution in [2.75, 3.05) is 0 Å². The molecule has 0 aliphatic heterocycles. The molecular formula is C18H14N4O7PS2+. The standard InChI is InChI=1S/C18H14N4O7PS2/c19-31(24,25)15-1-3-17-11(7-15)5-13(9-21-17)28-30(23)29-14-6-12-8-16(32(20,26)27)2-4-18(12)22-10-14/h1-10H,(H2,19,24,25)(H2,20,26,27)/q+1. The lowest BCUT2D eigenvalue weighted by Crippen LogP contribution is -2.11. The van der Waals surface area contributed by atoms with Gasteiger partial charge < -0.3 is 0 Å². The summed E-state index contributed by atoms with van der Waals surface area (Å²) in [7, 11) is -10.5. The van der Waals surface area contributed by atoms with E-state index in [1.165, 1.54) is 60.9 Å². The minimum atomic E-state index is -3.90. The highest BCUT2D eigenvalue weighted by molar-refractivity contribution is 7.89. The number of nitrogens with zero attached hydrogens (tertiary/aromatic N) is 2. The van der Waals surface area contributed by atoms with Crippen molar-refractivity contribution in [2.24, 2.45) is 10.3 Å². The summed E-state index contributed by atoms with van der Waals surface area (Å²) in [5, 5.41) is 11.1. The third-order valence-corrected chi connectivity index (χ3v) is 6.81. The molecule has 0 unspecified atom stereocenters. The van der Waals surface area contributed by atoms with E-state index < -0.39 is 28.3 Å². The van der Waals surface area contributed by atoms with Crippen LogP contribution in [-0.4, -0.2) is 26.8 Å². The van der Waals surface area contributed by atoms with Crippen molar-refractivity contribution >= 4 is 50.1 Å². The first-order valence-corrected chi connectivity index (χ1v) is 12.9. The normalized spacial score (nSPS) is 12.1. The molecule has 2 heterocycles. The van der Waals surface area contributed by atoms with Gasteiger partial charge in [0, 0.05) is 15.3 Å². The van der Waals surface area contributed by atoms with Gasteiger partial charge in [-0.3, -0.25) is 9.97 Å². The number of fused-ring (bicyclic) bond motifs is 2. The molecule has 4 N–H and O–H groups in total. The van der Waals surface area contributed by atoms with E-state index >= 15 is 0 Å². The average Bonchev–Trinajstić information content (AvgIpc) is 2.71. The van der Waals surface area contributed by atoms with E-state index in [9.17, 15) is 21.4 Å². The van der Waals surface area contributed by atoms with Crippen LogP contribution in [0, 0.1) is 0 Å². The summed E-state index contributed by atoms with van der Waals surface area (Å²) in [5.41, 5.74) is 0.954. The molecule has 0 saturated carbocycles. The molecular weight excluding hydrogens is 479 g/mol. The topological polar surface area (TPSA) is 182 Å². The Hall–Kier alpha value is -3.22. The number of primary sulfonamides is 2. The van der Waals surface area contributed by atoms with Gasteiger partial charge in [-0.05, 0) is 48.5 Å². The molecule has 0 radical (unpaired) electrons. The van der Waals surface area contributed by atoms with Crippen LogP contribution < -0.4 is 19.3 Å². The first kappa shape index (κ1) is 22.0. The zero-order valence-electron chi connectivity index (χ0n) is 15.9. The third kappa shape index (κ3) is 4.82. The van der Waals surface area contributed by atoms with E-state index in [2.05, 4.69) is 9.97 Å². The smallest absolute Gasteiger partial charge is 0.252 e. The molecule has 4 aromatic rings. The number of aromatic nitrogens is 2. The molecule has 32 heavy (non-hydrogen) atoms. The van der Waals surface area contributed by atoms with Gasteiger partial charge in [0.15, 0.2) is 0 Å². The molecule has 4 rings (SSSR count). The molecule has 2 aromatic heterocycles. The second kappa shape index (κ2) is 8.04. The van der Waals surface area contributed by atoms with Gasteiger partial charge in [0.2, 0.25) is 31.5 Å². The summed E-state index contributed by atoms with van der Waals surface area (Å²) in [6, 6.07) is 11.1. The van der Waals surface area contributed by atoms with Crippen LogP contribution in [0.5, 0.6) is 11.5 Å².